The molecule has 0 aliphatic heterocycles. The summed E-state index contributed by atoms with van der Waals surface area (Å²) in [4.78, 5) is 12.4. The van der Waals surface area contributed by atoms with Crippen LogP contribution in [0.3, 0.4) is 0 Å². The molecule has 6 nitrogen and oxygen atoms in total. The molecule has 2 rings (SSSR count). The Morgan fingerprint density at radius 2 is 1.92 bits per heavy atom. The van der Waals surface area contributed by atoms with Gasteiger partial charge < -0.3 is 10.1 Å². The molecule has 1 amide bonds. The van der Waals surface area contributed by atoms with Crippen molar-refractivity contribution in [3.8, 4) is 5.75 Å². The zero-order valence-corrected chi connectivity index (χ0v) is 15.7. The fourth-order valence-electron chi connectivity index (χ4n) is 2.26. The van der Waals surface area contributed by atoms with Crippen LogP contribution >= 0.6 is 11.6 Å². The third kappa shape index (κ3) is 4.87. The molecule has 0 bridgehead atoms. The number of para-hydroxylation sites is 1. The van der Waals surface area contributed by atoms with Crippen LogP contribution in [0.1, 0.15) is 5.56 Å². The van der Waals surface area contributed by atoms with Gasteiger partial charge in [-0.25, -0.2) is 8.42 Å². The van der Waals surface area contributed by atoms with Crippen molar-refractivity contribution in [1.29, 1.82) is 0 Å². The Morgan fingerprint density at radius 1 is 1.24 bits per heavy atom. The van der Waals surface area contributed by atoms with E-state index in [0.29, 0.717) is 22.1 Å². The highest BCUT2D eigenvalue weighted by Gasteiger charge is 2.24. The molecule has 0 atom stereocenters. The number of sulfonamides is 1. The molecule has 0 aliphatic carbocycles. The van der Waals surface area contributed by atoms with Gasteiger partial charge in [0.1, 0.15) is 12.3 Å². The number of nitrogens with zero attached hydrogens (tertiary/aromatic N) is 1. The van der Waals surface area contributed by atoms with Crippen LogP contribution in [-0.2, 0) is 14.8 Å². The molecule has 1 N–H and O–H groups in total. The summed E-state index contributed by atoms with van der Waals surface area (Å²) in [5.74, 6) is -0.149. The fraction of sp³-hybridized carbons (Fsp3) is 0.235. The van der Waals surface area contributed by atoms with Gasteiger partial charge >= 0.3 is 0 Å². The summed E-state index contributed by atoms with van der Waals surface area (Å²) in [6.07, 6.45) is 1.04. The first-order valence-electron chi connectivity index (χ1n) is 7.39. The number of carbonyl (C=O) groups is 1. The number of carbonyl (C=O) groups excluding carboxylic acids is 1. The van der Waals surface area contributed by atoms with Gasteiger partial charge in [-0.2, -0.15) is 0 Å². The molecule has 0 unspecified atom stereocenters. The highest BCUT2D eigenvalue weighted by Crippen LogP contribution is 2.31. The van der Waals surface area contributed by atoms with Gasteiger partial charge in [-0.05, 0) is 36.8 Å². The average Bonchev–Trinajstić information content (AvgIpc) is 2.54. The predicted octanol–water partition coefficient (Wildman–Crippen LogP) is 3.06. The number of anilines is 2. The summed E-state index contributed by atoms with van der Waals surface area (Å²) in [6, 6.07) is 11.8. The summed E-state index contributed by atoms with van der Waals surface area (Å²) < 4.78 is 30.7. The van der Waals surface area contributed by atoms with Crippen LogP contribution in [0.5, 0.6) is 5.75 Å². The van der Waals surface area contributed by atoms with Gasteiger partial charge in [0.05, 0.1) is 29.8 Å². The average molecular weight is 383 g/mol. The van der Waals surface area contributed by atoms with E-state index in [0.717, 1.165) is 16.1 Å². The second-order valence-corrected chi connectivity index (χ2v) is 7.79. The normalized spacial score (nSPS) is 11.0. The molecule has 0 saturated carbocycles. The van der Waals surface area contributed by atoms with E-state index < -0.39 is 22.5 Å². The van der Waals surface area contributed by atoms with E-state index in [1.165, 1.54) is 7.11 Å². The van der Waals surface area contributed by atoms with Gasteiger partial charge in [-0.3, -0.25) is 9.10 Å². The first-order chi connectivity index (χ1) is 11.7. The van der Waals surface area contributed by atoms with Gasteiger partial charge in [0.15, 0.2) is 0 Å². The Hall–Kier alpha value is -2.25. The SMILES string of the molecule is COc1ccc(C)cc1N(CC(=O)Nc1ccccc1Cl)S(C)(=O)=O. The molecule has 0 aliphatic rings. The molecule has 0 saturated heterocycles. The highest BCUT2D eigenvalue weighted by molar-refractivity contribution is 7.92. The van der Waals surface area contributed by atoms with Crippen LogP contribution in [0.25, 0.3) is 0 Å². The van der Waals surface area contributed by atoms with Crippen molar-refractivity contribution in [1.82, 2.24) is 0 Å². The number of nitrogens with one attached hydrogen (secondary N) is 1. The molecule has 0 spiro atoms. The van der Waals surface area contributed by atoms with Gasteiger partial charge in [0, 0.05) is 0 Å². The lowest BCUT2D eigenvalue weighted by Gasteiger charge is -2.24. The molecular formula is C17H19ClN2O4S. The van der Waals surface area contributed by atoms with Crippen molar-refractivity contribution in [2.45, 2.75) is 6.92 Å². The Kier molecular flexibility index (Phi) is 5.92. The molecule has 0 aromatic heterocycles. The smallest absolute Gasteiger partial charge is 0.245 e. The lowest BCUT2D eigenvalue weighted by atomic mass is 10.2. The van der Waals surface area contributed by atoms with E-state index >= 15 is 0 Å². The minimum Gasteiger partial charge on any atom is -0.495 e. The molecule has 0 heterocycles. The number of hydrogen-bond acceptors (Lipinski definition) is 4. The number of halogens is 1. The molecule has 134 valence electrons. The Balaban J connectivity index is 2.32. The van der Waals surface area contributed by atoms with Crippen molar-refractivity contribution < 1.29 is 17.9 Å². The standard InChI is InChI=1S/C17H19ClN2O4S/c1-12-8-9-16(24-2)15(10-12)20(25(3,22)23)11-17(21)19-14-7-5-4-6-13(14)18/h4-10H,11H2,1-3H3,(H,19,21). The van der Waals surface area contributed by atoms with Gasteiger partial charge in [-0.15, -0.1) is 0 Å². The number of methoxy groups -OCH3 is 1. The van der Waals surface area contributed by atoms with Crippen LogP contribution in [0.4, 0.5) is 11.4 Å². The van der Waals surface area contributed by atoms with E-state index in [1.54, 1.807) is 42.5 Å². The van der Waals surface area contributed by atoms with Crippen molar-refractivity contribution in [2.24, 2.45) is 0 Å². The molecule has 2 aromatic rings. The molecule has 25 heavy (non-hydrogen) atoms. The van der Waals surface area contributed by atoms with Crippen molar-refractivity contribution >= 4 is 38.9 Å². The first-order valence-corrected chi connectivity index (χ1v) is 9.61. The topological polar surface area (TPSA) is 75.7 Å². The number of amides is 1. The quantitative estimate of drug-likeness (QED) is 0.833. The minimum atomic E-state index is -3.71. The predicted molar refractivity (Wildman–Crippen MR) is 100 cm³/mol. The van der Waals surface area contributed by atoms with Crippen molar-refractivity contribution in [2.75, 3.05) is 29.5 Å². The maximum Gasteiger partial charge on any atom is 0.245 e. The van der Waals surface area contributed by atoms with Crippen molar-refractivity contribution in [3.05, 3.63) is 53.1 Å². The van der Waals surface area contributed by atoms with Crippen LogP contribution < -0.4 is 14.4 Å². The van der Waals surface area contributed by atoms with E-state index in [1.807, 2.05) is 6.92 Å². The Bertz CT molecular complexity index is 884. The summed E-state index contributed by atoms with van der Waals surface area (Å²) in [7, 11) is -2.26. The maximum atomic E-state index is 12.4. The zero-order chi connectivity index (χ0) is 18.6. The van der Waals surface area contributed by atoms with Crippen molar-refractivity contribution in [3.63, 3.8) is 0 Å². The molecule has 2 aromatic carbocycles. The maximum absolute atomic E-state index is 12.4. The summed E-state index contributed by atoms with van der Waals surface area (Å²) in [5.41, 5.74) is 1.56. The van der Waals surface area contributed by atoms with Gasteiger partial charge in [0.25, 0.3) is 0 Å². The third-order valence-electron chi connectivity index (χ3n) is 3.44. The summed E-state index contributed by atoms with van der Waals surface area (Å²) in [5, 5.41) is 2.99. The number of ether oxygens (including phenoxy) is 1. The minimum absolute atomic E-state index is 0.305. The fourth-order valence-corrected chi connectivity index (χ4v) is 3.29. The van der Waals surface area contributed by atoms with Crippen LogP contribution in [0.15, 0.2) is 42.5 Å². The van der Waals surface area contributed by atoms with E-state index in [-0.39, 0.29) is 0 Å². The van der Waals surface area contributed by atoms with Crippen LogP contribution in [0, 0.1) is 6.92 Å². The Morgan fingerprint density at radius 3 is 2.52 bits per heavy atom. The van der Waals surface area contributed by atoms with E-state index in [2.05, 4.69) is 5.32 Å². The summed E-state index contributed by atoms with van der Waals surface area (Å²) in [6.45, 7) is 1.43. The van der Waals surface area contributed by atoms with E-state index in [4.69, 9.17) is 16.3 Å². The molecule has 0 radical (unpaired) electrons. The molecule has 0 fully saturated rings. The second kappa shape index (κ2) is 7.76. The first kappa shape index (κ1) is 19.1. The molecule has 8 heteroatoms. The lowest BCUT2D eigenvalue weighted by molar-refractivity contribution is -0.114. The monoisotopic (exact) mass is 382 g/mol. The number of aryl methyl sites for hydroxylation is 1. The molecular weight excluding hydrogens is 364 g/mol. The number of benzene rings is 2. The van der Waals surface area contributed by atoms with Crippen LogP contribution in [-0.4, -0.2) is 34.2 Å². The van der Waals surface area contributed by atoms with Crippen LogP contribution in [0.2, 0.25) is 5.02 Å². The number of hydrogen-bond donors (Lipinski definition) is 1. The van der Waals surface area contributed by atoms with Gasteiger partial charge in [0.2, 0.25) is 15.9 Å². The highest BCUT2D eigenvalue weighted by atomic mass is 35.5. The zero-order valence-electron chi connectivity index (χ0n) is 14.1. The Labute approximate surface area is 152 Å². The third-order valence-corrected chi connectivity index (χ3v) is 4.89. The van der Waals surface area contributed by atoms with Gasteiger partial charge in [-0.1, -0.05) is 29.8 Å². The summed E-state index contributed by atoms with van der Waals surface area (Å²) >= 11 is 6.01. The largest absolute Gasteiger partial charge is 0.495 e. The van der Waals surface area contributed by atoms with E-state index in [9.17, 15) is 13.2 Å². The second-order valence-electron chi connectivity index (χ2n) is 5.47. The lowest BCUT2D eigenvalue weighted by Crippen LogP contribution is -2.37. The number of rotatable bonds is 6.